The van der Waals surface area contributed by atoms with Crippen LogP contribution in [-0.2, 0) is 11.2 Å². The van der Waals surface area contributed by atoms with Crippen LogP contribution in [0.1, 0.15) is 45.7 Å². The van der Waals surface area contributed by atoms with E-state index in [0.717, 1.165) is 16.5 Å². The number of esters is 1. The second-order valence-electron chi connectivity index (χ2n) is 10.9. The minimum absolute atomic E-state index is 0. The van der Waals surface area contributed by atoms with Crippen LogP contribution in [0.3, 0.4) is 0 Å². The predicted molar refractivity (Wildman–Crippen MR) is 172 cm³/mol. The molecule has 0 saturated heterocycles. The predicted octanol–water partition coefficient (Wildman–Crippen LogP) is 4.15. The quantitative estimate of drug-likeness (QED) is 0.163. The van der Waals surface area contributed by atoms with Crippen LogP contribution in [0.25, 0.3) is 11.0 Å². The van der Waals surface area contributed by atoms with Crippen LogP contribution in [0.4, 0.5) is 11.4 Å². The van der Waals surface area contributed by atoms with Gasteiger partial charge in [-0.25, -0.2) is 9.59 Å². The Hall–Kier alpha value is -3.79. The zero-order valence-electron chi connectivity index (χ0n) is 25.6. The van der Waals surface area contributed by atoms with Gasteiger partial charge in [-0.05, 0) is 68.3 Å². The second-order valence-corrected chi connectivity index (χ2v) is 11.7. The van der Waals surface area contributed by atoms with Crippen molar-refractivity contribution in [2.75, 3.05) is 5.32 Å². The van der Waals surface area contributed by atoms with E-state index in [1.807, 2.05) is 32.9 Å². The molecule has 1 aromatic heterocycles. The third-order valence-electron chi connectivity index (χ3n) is 7.31. The summed E-state index contributed by atoms with van der Waals surface area (Å²) in [5, 5.41) is 15.7. The number of anilines is 2. The Morgan fingerprint density at radius 2 is 1.65 bits per heavy atom. The average molecular weight is 669 g/mol. The Morgan fingerprint density at radius 1 is 0.957 bits per heavy atom. The first kappa shape index (κ1) is 35.1. The van der Waals surface area contributed by atoms with E-state index in [1.165, 1.54) is 12.1 Å². The molecule has 1 aliphatic heterocycles. The van der Waals surface area contributed by atoms with E-state index in [4.69, 9.17) is 37.1 Å². The van der Waals surface area contributed by atoms with Crippen molar-refractivity contribution in [1.29, 1.82) is 0 Å². The Bertz CT molecular complexity index is 1960. The fraction of sp³-hybridized carbons (Fsp3) is 0.171. The van der Waals surface area contributed by atoms with E-state index in [2.05, 4.69) is 5.32 Å². The van der Waals surface area contributed by atoms with Crippen LogP contribution in [0, 0.1) is 6.92 Å². The Kier molecular flexibility index (Phi) is 11.2. The molecule has 1 N–H and O–H groups in total. The summed E-state index contributed by atoms with van der Waals surface area (Å²) < 4.78 is 16.9. The monoisotopic (exact) mass is 667 g/mol. The van der Waals surface area contributed by atoms with Crippen molar-refractivity contribution in [2.24, 2.45) is 0 Å². The van der Waals surface area contributed by atoms with Crippen molar-refractivity contribution in [3.8, 4) is 5.75 Å². The molecule has 0 spiro atoms. The summed E-state index contributed by atoms with van der Waals surface area (Å²) in [5.41, 5.74) is 2.53. The van der Waals surface area contributed by atoms with Gasteiger partial charge in [0.1, 0.15) is 23.0 Å². The normalized spacial score (nSPS) is 13.4. The third kappa shape index (κ3) is 7.94. The molecule has 0 saturated carbocycles. The molecule has 5 aromatic rings. The minimum Gasteiger partial charge on any atom is -0.545 e. The molecule has 0 aliphatic carbocycles. The molecule has 8 nitrogen and oxygen atoms in total. The van der Waals surface area contributed by atoms with Crippen LogP contribution < -0.4 is 50.3 Å². The number of carboxylic acids is 1. The van der Waals surface area contributed by atoms with Crippen LogP contribution in [0.15, 0.2) is 100 Å². The fourth-order valence-corrected chi connectivity index (χ4v) is 5.27. The molecule has 2 heterocycles. The molecule has 0 fully saturated rings. The summed E-state index contributed by atoms with van der Waals surface area (Å²) >= 11 is 12.2. The van der Waals surface area contributed by atoms with E-state index in [9.17, 15) is 19.5 Å². The van der Waals surface area contributed by atoms with Gasteiger partial charge in [0, 0.05) is 35.2 Å². The number of halogens is 2. The van der Waals surface area contributed by atoms with Gasteiger partial charge >= 0.3 is 41.2 Å². The average Bonchev–Trinajstić information content (AvgIpc) is 3.45. The maximum absolute atomic E-state index is 12.4. The number of ether oxygens (including phenoxy) is 2. The zero-order chi connectivity index (χ0) is 32.3. The zero-order valence-corrected chi connectivity index (χ0v) is 29.1. The van der Waals surface area contributed by atoms with Gasteiger partial charge in [-0.3, -0.25) is 0 Å². The number of benzene rings is 4. The van der Waals surface area contributed by atoms with Crippen LogP contribution in [0.5, 0.6) is 5.75 Å². The minimum atomic E-state index is -1.26. The molecule has 11 heteroatoms. The first-order chi connectivity index (χ1) is 21.4. The molecular weight excluding hydrogens is 640 g/mol. The van der Waals surface area contributed by atoms with Gasteiger partial charge < -0.3 is 29.1 Å². The third-order valence-corrected chi connectivity index (χ3v) is 8.11. The SMILES string of the molecule is CC(C)(OC(=O)c1ccccc1)C1Cc2cc3ccc(=O)oc3cc2O1.Cc1ccc(Cl)c(Nc2ccccc2C(=O)[O-])c1Cl.[Na+]. The standard InChI is InChI=1S/C21H18O5.C14H11Cl2NO2.Na/c1-21(2,26-20(23)13-6-4-3-5-7-13)18-11-15-10-14-8-9-19(22)25-16(14)12-17(15)24-18;1-8-6-7-10(15)13(12(8)16)17-11-5-3-2-4-9(11)14(18)19;/h3-10,12,18H,11H2,1-2H3;2-7,17H,1H3,(H,18,19);/q;;+1/p-1. The number of nitrogens with one attached hydrogen (secondary N) is 1. The maximum Gasteiger partial charge on any atom is 1.00 e. The molecule has 1 unspecified atom stereocenters. The molecule has 6 rings (SSSR count). The van der Waals surface area contributed by atoms with Crippen LogP contribution in [0.2, 0.25) is 10.0 Å². The molecule has 0 radical (unpaired) electrons. The Labute approximate surface area is 297 Å². The number of rotatable bonds is 6. The van der Waals surface area contributed by atoms with E-state index in [-0.39, 0.29) is 47.2 Å². The molecule has 1 aliphatic rings. The Balaban J connectivity index is 0.000000215. The topological polar surface area (TPSA) is 118 Å². The van der Waals surface area contributed by atoms with Crippen molar-refractivity contribution in [1.82, 2.24) is 0 Å². The molecule has 1 atom stereocenters. The molecule has 230 valence electrons. The van der Waals surface area contributed by atoms with Crippen molar-refractivity contribution < 1.29 is 58.1 Å². The number of carboxylic acid groups (broad SMARTS) is 1. The number of aromatic carboxylic acids is 1. The largest absolute Gasteiger partial charge is 1.00 e. The summed E-state index contributed by atoms with van der Waals surface area (Å²) in [6, 6.07) is 25.6. The molecule has 46 heavy (non-hydrogen) atoms. The Morgan fingerprint density at radius 3 is 2.37 bits per heavy atom. The summed E-state index contributed by atoms with van der Waals surface area (Å²) in [6.45, 7) is 5.52. The summed E-state index contributed by atoms with van der Waals surface area (Å²) in [7, 11) is 0. The smallest absolute Gasteiger partial charge is 0.545 e. The van der Waals surface area contributed by atoms with Gasteiger partial charge in [0.25, 0.3) is 0 Å². The van der Waals surface area contributed by atoms with E-state index in [0.29, 0.717) is 44.7 Å². The number of carbonyl (C=O) groups is 2. The fourth-order valence-electron chi connectivity index (χ4n) is 4.81. The number of hydrogen-bond donors (Lipinski definition) is 1. The summed E-state index contributed by atoms with van der Waals surface area (Å²) in [6.07, 6.45) is 0.285. The van der Waals surface area contributed by atoms with Crippen LogP contribution >= 0.6 is 23.2 Å². The van der Waals surface area contributed by atoms with Crippen molar-refractivity contribution >= 4 is 57.5 Å². The number of aryl methyl sites for hydroxylation is 1. The van der Waals surface area contributed by atoms with E-state index >= 15 is 0 Å². The molecule has 0 amide bonds. The number of hydrogen-bond acceptors (Lipinski definition) is 8. The summed E-state index contributed by atoms with van der Waals surface area (Å²) in [4.78, 5) is 34.8. The van der Waals surface area contributed by atoms with Crippen molar-refractivity contribution in [3.63, 3.8) is 0 Å². The van der Waals surface area contributed by atoms with E-state index in [1.54, 1.807) is 66.7 Å². The van der Waals surface area contributed by atoms with Crippen LogP contribution in [-0.4, -0.2) is 23.6 Å². The molecular formula is C35H28Cl2NNaO7. The number of fused-ring (bicyclic) bond motifs is 2. The molecule has 4 aromatic carbocycles. The maximum atomic E-state index is 12.4. The molecule has 0 bridgehead atoms. The van der Waals surface area contributed by atoms with Gasteiger partial charge in [-0.15, -0.1) is 0 Å². The van der Waals surface area contributed by atoms with Crippen molar-refractivity contribution in [3.05, 3.63) is 134 Å². The van der Waals surface area contributed by atoms with Gasteiger partial charge in [-0.1, -0.05) is 65.7 Å². The number of carbonyl (C=O) groups excluding carboxylic acids is 2. The second kappa shape index (κ2) is 14.8. The summed E-state index contributed by atoms with van der Waals surface area (Å²) in [5.74, 6) is -0.991. The first-order valence-corrected chi connectivity index (χ1v) is 14.7. The number of para-hydroxylation sites is 1. The van der Waals surface area contributed by atoms with E-state index < -0.39 is 17.2 Å². The van der Waals surface area contributed by atoms with Gasteiger partial charge in [0.2, 0.25) is 0 Å². The van der Waals surface area contributed by atoms with Gasteiger partial charge in [0.05, 0.1) is 27.3 Å². The van der Waals surface area contributed by atoms with Gasteiger partial charge in [-0.2, -0.15) is 0 Å². The van der Waals surface area contributed by atoms with Gasteiger partial charge in [0.15, 0.2) is 0 Å². The first-order valence-electron chi connectivity index (χ1n) is 14.0. The van der Waals surface area contributed by atoms with Crippen molar-refractivity contribution in [2.45, 2.75) is 38.9 Å².